The lowest BCUT2D eigenvalue weighted by molar-refractivity contribution is -0.138. The zero-order valence-electron chi connectivity index (χ0n) is 12.8. The van der Waals surface area contributed by atoms with Gasteiger partial charge in [-0.25, -0.2) is 0 Å². The van der Waals surface area contributed by atoms with Gasteiger partial charge in [0, 0.05) is 44.2 Å². The van der Waals surface area contributed by atoms with E-state index in [1.165, 1.54) is 0 Å². The highest BCUT2D eigenvalue weighted by Gasteiger charge is 2.32. The molecule has 0 spiro atoms. The Kier molecular flexibility index (Phi) is 6.08. The Balaban J connectivity index is 2.22. The Morgan fingerprint density at radius 2 is 1.91 bits per heavy atom. The SMILES string of the molecule is CCOc1ccccc1[C@H](CCC(F)(F)F)N1CCNCC1. The number of alkyl halides is 3. The van der Waals surface area contributed by atoms with E-state index in [9.17, 15) is 13.2 Å². The molecule has 1 atom stereocenters. The summed E-state index contributed by atoms with van der Waals surface area (Å²) in [5.41, 5.74) is 0.857. The first-order valence-corrected chi connectivity index (χ1v) is 7.74. The fourth-order valence-electron chi connectivity index (χ4n) is 2.87. The van der Waals surface area contributed by atoms with E-state index >= 15 is 0 Å². The molecule has 22 heavy (non-hydrogen) atoms. The molecule has 1 heterocycles. The molecule has 1 N–H and O–H groups in total. The highest BCUT2D eigenvalue weighted by Crippen LogP contribution is 2.36. The summed E-state index contributed by atoms with van der Waals surface area (Å²) in [6.07, 6.45) is -4.84. The minimum atomic E-state index is -4.13. The van der Waals surface area contributed by atoms with Gasteiger partial charge in [-0.05, 0) is 19.4 Å². The number of nitrogens with zero attached hydrogens (tertiary/aromatic N) is 1. The van der Waals surface area contributed by atoms with Crippen molar-refractivity contribution in [1.82, 2.24) is 10.2 Å². The van der Waals surface area contributed by atoms with Gasteiger partial charge in [-0.15, -0.1) is 0 Å². The van der Waals surface area contributed by atoms with Crippen LogP contribution in [0.15, 0.2) is 24.3 Å². The molecule has 6 heteroatoms. The summed E-state index contributed by atoms with van der Waals surface area (Å²) >= 11 is 0. The molecule has 0 saturated carbocycles. The maximum atomic E-state index is 12.7. The van der Waals surface area contributed by atoms with Crippen LogP contribution in [0, 0.1) is 0 Å². The minimum absolute atomic E-state index is 0.0631. The van der Waals surface area contributed by atoms with Crippen LogP contribution < -0.4 is 10.1 Å². The molecular weight excluding hydrogens is 293 g/mol. The van der Waals surface area contributed by atoms with Crippen molar-refractivity contribution in [2.24, 2.45) is 0 Å². The highest BCUT2D eigenvalue weighted by atomic mass is 19.4. The highest BCUT2D eigenvalue weighted by molar-refractivity contribution is 5.36. The van der Waals surface area contributed by atoms with Gasteiger partial charge in [0.05, 0.1) is 6.61 Å². The van der Waals surface area contributed by atoms with Crippen LogP contribution in [0.5, 0.6) is 5.75 Å². The lowest BCUT2D eigenvalue weighted by atomic mass is 9.98. The summed E-state index contributed by atoms with van der Waals surface area (Å²) in [5.74, 6) is 0.690. The van der Waals surface area contributed by atoms with Crippen molar-refractivity contribution >= 4 is 0 Å². The van der Waals surface area contributed by atoms with E-state index in [2.05, 4.69) is 10.2 Å². The van der Waals surface area contributed by atoms with Gasteiger partial charge in [0.15, 0.2) is 0 Å². The van der Waals surface area contributed by atoms with Gasteiger partial charge in [0.1, 0.15) is 5.75 Å². The quantitative estimate of drug-likeness (QED) is 0.871. The molecule has 124 valence electrons. The molecule has 0 aromatic heterocycles. The number of halogens is 3. The summed E-state index contributed by atoms with van der Waals surface area (Å²) in [5, 5.41) is 3.24. The molecule has 0 bridgehead atoms. The maximum Gasteiger partial charge on any atom is 0.389 e. The van der Waals surface area contributed by atoms with Gasteiger partial charge in [-0.2, -0.15) is 13.2 Å². The first kappa shape index (κ1) is 17.1. The number of hydrogen-bond donors (Lipinski definition) is 1. The predicted octanol–water partition coefficient (Wildman–Crippen LogP) is 3.37. The molecule has 2 rings (SSSR count). The summed E-state index contributed by atoms with van der Waals surface area (Å²) in [6.45, 7) is 5.50. The van der Waals surface area contributed by atoms with Crippen LogP contribution >= 0.6 is 0 Å². The molecule has 0 radical (unpaired) electrons. The molecule has 3 nitrogen and oxygen atoms in total. The molecule has 1 saturated heterocycles. The maximum absolute atomic E-state index is 12.7. The fraction of sp³-hybridized carbons (Fsp3) is 0.625. The van der Waals surface area contributed by atoms with Crippen LogP contribution in [0.25, 0.3) is 0 Å². The van der Waals surface area contributed by atoms with Crippen LogP contribution in [0.4, 0.5) is 13.2 Å². The number of piperazine rings is 1. The van der Waals surface area contributed by atoms with Crippen LogP contribution in [-0.2, 0) is 0 Å². The van der Waals surface area contributed by atoms with Gasteiger partial charge in [0.2, 0.25) is 0 Å². The first-order valence-electron chi connectivity index (χ1n) is 7.74. The first-order chi connectivity index (χ1) is 10.5. The van der Waals surface area contributed by atoms with Crippen LogP contribution in [0.1, 0.15) is 31.4 Å². The fourth-order valence-corrected chi connectivity index (χ4v) is 2.87. The smallest absolute Gasteiger partial charge is 0.389 e. The number of hydrogen-bond acceptors (Lipinski definition) is 3. The van der Waals surface area contributed by atoms with Crippen molar-refractivity contribution in [3.05, 3.63) is 29.8 Å². The lowest BCUT2D eigenvalue weighted by Crippen LogP contribution is -2.45. The van der Waals surface area contributed by atoms with Crippen LogP contribution in [-0.4, -0.2) is 43.9 Å². The molecule has 1 aliphatic heterocycles. The third-order valence-corrected chi connectivity index (χ3v) is 3.87. The number of benzene rings is 1. The molecule has 0 unspecified atom stereocenters. The van der Waals surface area contributed by atoms with E-state index < -0.39 is 12.6 Å². The normalized spacial score (nSPS) is 18.2. The minimum Gasteiger partial charge on any atom is -0.494 e. The Morgan fingerprint density at radius 1 is 1.23 bits per heavy atom. The average Bonchev–Trinajstić information content (AvgIpc) is 2.49. The van der Waals surface area contributed by atoms with Crippen molar-refractivity contribution in [1.29, 1.82) is 0 Å². The van der Waals surface area contributed by atoms with Gasteiger partial charge < -0.3 is 10.1 Å². The Bertz CT molecular complexity index is 459. The predicted molar refractivity (Wildman–Crippen MR) is 80.1 cm³/mol. The molecule has 1 aliphatic rings. The Labute approximate surface area is 129 Å². The Hall–Kier alpha value is -1.27. The van der Waals surface area contributed by atoms with Gasteiger partial charge >= 0.3 is 6.18 Å². The van der Waals surface area contributed by atoms with Crippen molar-refractivity contribution in [3.8, 4) is 5.75 Å². The zero-order chi connectivity index (χ0) is 16.0. The molecule has 0 amide bonds. The summed E-state index contributed by atoms with van der Waals surface area (Å²) in [6, 6.07) is 7.18. The zero-order valence-corrected chi connectivity index (χ0v) is 12.8. The molecular formula is C16H23F3N2O. The summed E-state index contributed by atoms with van der Waals surface area (Å²) < 4.78 is 43.7. The van der Waals surface area contributed by atoms with Crippen molar-refractivity contribution in [2.75, 3.05) is 32.8 Å². The average molecular weight is 316 g/mol. The summed E-state index contributed by atoms with van der Waals surface area (Å²) in [4.78, 5) is 2.13. The van der Waals surface area contributed by atoms with E-state index in [1.54, 1.807) is 0 Å². The van der Waals surface area contributed by atoms with Gasteiger partial charge in [-0.1, -0.05) is 18.2 Å². The number of nitrogens with one attached hydrogen (secondary N) is 1. The molecule has 1 aromatic rings. The van der Waals surface area contributed by atoms with E-state index in [4.69, 9.17) is 4.74 Å². The number of para-hydroxylation sites is 1. The third-order valence-electron chi connectivity index (χ3n) is 3.87. The standard InChI is InChI=1S/C16H23F3N2O/c1-2-22-15-6-4-3-5-13(15)14(7-8-16(17,18)19)21-11-9-20-10-12-21/h3-6,14,20H,2,7-12H2,1H3/t14-/m0/s1. The summed E-state index contributed by atoms with van der Waals surface area (Å²) in [7, 11) is 0. The van der Waals surface area contributed by atoms with Crippen molar-refractivity contribution in [2.45, 2.75) is 32.0 Å². The number of rotatable bonds is 6. The van der Waals surface area contributed by atoms with E-state index in [0.717, 1.165) is 31.7 Å². The van der Waals surface area contributed by atoms with Gasteiger partial charge in [0.25, 0.3) is 0 Å². The van der Waals surface area contributed by atoms with Crippen molar-refractivity contribution < 1.29 is 17.9 Å². The van der Waals surface area contributed by atoms with E-state index in [-0.39, 0.29) is 12.5 Å². The van der Waals surface area contributed by atoms with Gasteiger partial charge in [-0.3, -0.25) is 4.90 Å². The largest absolute Gasteiger partial charge is 0.494 e. The van der Waals surface area contributed by atoms with Crippen LogP contribution in [0.3, 0.4) is 0 Å². The second-order valence-corrected chi connectivity index (χ2v) is 5.43. The molecule has 1 fully saturated rings. The lowest BCUT2D eigenvalue weighted by Gasteiger charge is -2.36. The molecule has 1 aromatic carbocycles. The second kappa shape index (κ2) is 7.83. The monoisotopic (exact) mass is 316 g/mol. The topological polar surface area (TPSA) is 24.5 Å². The van der Waals surface area contributed by atoms with Crippen LogP contribution in [0.2, 0.25) is 0 Å². The van der Waals surface area contributed by atoms with E-state index in [1.807, 2.05) is 31.2 Å². The van der Waals surface area contributed by atoms with Crippen molar-refractivity contribution in [3.63, 3.8) is 0 Å². The Morgan fingerprint density at radius 3 is 2.55 bits per heavy atom. The second-order valence-electron chi connectivity index (χ2n) is 5.43. The molecule has 0 aliphatic carbocycles. The number of ether oxygens (including phenoxy) is 1. The van der Waals surface area contributed by atoms with E-state index in [0.29, 0.717) is 12.4 Å². The third kappa shape index (κ3) is 4.88.